The molecule has 176 valence electrons. The first kappa shape index (κ1) is 23.1. The topological polar surface area (TPSA) is 37.3 Å². The molecule has 31 heavy (non-hydrogen) atoms. The van der Waals surface area contributed by atoms with Crippen molar-refractivity contribution in [2.45, 2.75) is 88.8 Å². The summed E-state index contributed by atoms with van der Waals surface area (Å²) in [6.45, 7) is 3.82. The van der Waals surface area contributed by atoms with Gasteiger partial charge in [-0.15, -0.1) is 0 Å². The molecule has 0 saturated heterocycles. The Labute approximate surface area is 176 Å². The number of fused-ring (bicyclic) bond motifs is 5. The third kappa shape index (κ3) is 2.83. The van der Waals surface area contributed by atoms with Crippen LogP contribution in [0.4, 0.5) is 30.7 Å². The van der Waals surface area contributed by atoms with E-state index in [1.54, 1.807) is 6.08 Å². The smallest absolute Gasteiger partial charge is 0.383 e. The molecule has 0 amide bonds. The molecule has 0 unspecified atom stereocenters. The van der Waals surface area contributed by atoms with Crippen molar-refractivity contribution >= 4 is 5.78 Å². The van der Waals surface area contributed by atoms with Crippen molar-refractivity contribution in [2.75, 3.05) is 0 Å². The van der Waals surface area contributed by atoms with Gasteiger partial charge in [0.15, 0.2) is 0 Å². The van der Waals surface area contributed by atoms with Crippen molar-refractivity contribution in [2.24, 2.45) is 28.6 Å². The zero-order valence-corrected chi connectivity index (χ0v) is 17.5. The van der Waals surface area contributed by atoms with Gasteiger partial charge in [0.2, 0.25) is 0 Å². The van der Waals surface area contributed by atoms with Crippen LogP contribution < -0.4 is 0 Å². The molecule has 9 heteroatoms. The van der Waals surface area contributed by atoms with Crippen LogP contribution in [0.5, 0.6) is 0 Å². The zero-order valence-electron chi connectivity index (χ0n) is 17.5. The summed E-state index contributed by atoms with van der Waals surface area (Å²) in [4.78, 5) is 12.4. The van der Waals surface area contributed by atoms with E-state index < -0.39 is 47.3 Å². The van der Waals surface area contributed by atoms with Gasteiger partial charge in [-0.3, -0.25) is 4.79 Å². The summed E-state index contributed by atoms with van der Waals surface area (Å²) >= 11 is 0. The highest BCUT2D eigenvalue weighted by Crippen LogP contribution is 2.66. The van der Waals surface area contributed by atoms with Gasteiger partial charge in [0.25, 0.3) is 0 Å². The maximum atomic E-state index is 14.5. The molecule has 0 radical (unpaired) electrons. The Balaban J connectivity index is 1.65. The number of Topliss-reactive ketones (excluding diaryl/α,β-unsaturated/α-hetero) is 1. The van der Waals surface area contributed by atoms with Gasteiger partial charge in [0.05, 0.1) is 0 Å². The lowest BCUT2D eigenvalue weighted by Crippen LogP contribution is -2.66. The predicted molar refractivity (Wildman–Crippen MR) is 97.6 cm³/mol. The molecule has 0 aromatic carbocycles. The van der Waals surface area contributed by atoms with E-state index >= 15 is 0 Å². The average Bonchev–Trinajstić information content (AvgIpc) is 2.96. The molecule has 4 aliphatic carbocycles. The second-order valence-electron chi connectivity index (χ2n) is 10.5. The maximum Gasteiger partial charge on any atom is 0.459 e. The van der Waals surface area contributed by atoms with Crippen LogP contribution in [0, 0.1) is 28.6 Å². The molecule has 4 rings (SSSR count). The summed E-state index contributed by atoms with van der Waals surface area (Å²) in [6, 6.07) is 0. The minimum atomic E-state index is -6.47. The van der Waals surface area contributed by atoms with Gasteiger partial charge in [-0.1, -0.05) is 25.5 Å². The summed E-state index contributed by atoms with van der Waals surface area (Å²) in [6.07, 6.45) is -3.61. The van der Waals surface area contributed by atoms with Crippen molar-refractivity contribution in [3.05, 3.63) is 11.6 Å². The Hall–Kier alpha value is -1.12. The van der Waals surface area contributed by atoms with E-state index in [4.69, 9.17) is 0 Å². The maximum absolute atomic E-state index is 14.5. The number of alkyl halides is 7. The fraction of sp³-hybridized carbons (Fsp3) is 0.864. The van der Waals surface area contributed by atoms with E-state index in [0.29, 0.717) is 31.3 Å². The molecule has 1 N–H and O–H groups in total. The van der Waals surface area contributed by atoms with Crippen LogP contribution >= 0.6 is 0 Å². The molecule has 3 fully saturated rings. The van der Waals surface area contributed by atoms with Crippen LogP contribution in [0.1, 0.15) is 65.2 Å². The van der Waals surface area contributed by atoms with Crippen molar-refractivity contribution in [3.63, 3.8) is 0 Å². The number of aliphatic hydroxyl groups is 1. The molecule has 0 heterocycles. The Morgan fingerprint density at radius 1 is 0.935 bits per heavy atom. The quantitative estimate of drug-likeness (QED) is 0.404. The second kappa shape index (κ2) is 6.48. The van der Waals surface area contributed by atoms with Crippen LogP contribution in [0.15, 0.2) is 11.6 Å². The lowest BCUT2D eigenvalue weighted by Gasteiger charge is -2.58. The Morgan fingerprint density at radius 2 is 1.55 bits per heavy atom. The van der Waals surface area contributed by atoms with E-state index in [2.05, 4.69) is 0 Å². The third-order valence-electron chi connectivity index (χ3n) is 9.21. The van der Waals surface area contributed by atoms with Crippen LogP contribution in [0.3, 0.4) is 0 Å². The van der Waals surface area contributed by atoms with Gasteiger partial charge in [0.1, 0.15) is 11.4 Å². The van der Waals surface area contributed by atoms with E-state index in [1.165, 1.54) is 0 Å². The standard InChI is InChI=1S/C22H27F7O2/c1-17-9-10-19(31,20(23,24)21(25,26)22(27,28)29)11-12(17)3-4-13-14-5-6-16(30)18(14,2)8-7-15(13)17/h3,13-15,31H,4-11H2,1-2H3/t13-,14-,15-,17-,18-,19-/m0/s1. The first-order chi connectivity index (χ1) is 14.0. The summed E-state index contributed by atoms with van der Waals surface area (Å²) in [5.74, 6) is -11.4. The van der Waals surface area contributed by atoms with Gasteiger partial charge in [-0.25, -0.2) is 0 Å². The lowest BCUT2D eigenvalue weighted by atomic mass is 9.47. The molecule has 2 nitrogen and oxygen atoms in total. The molecule has 6 atom stereocenters. The summed E-state index contributed by atoms with van der Waals surface area (Å²) in [5, 5.41) is 10.5. The van der Waals surface area contributed by atoms with Crippen molar-refractivity contribution < 1.29 is 40.6 Å². The first-order valence-corrected chi connectivity index (χ1v) is 10.8. The van der Waals surface area contributed by atoms with Gasteiger partial charge in [0, 0.05) is 18.3 Å². The van der Waals surface area contributed by atoms with Crippen LogP contribution in [0.2, 0.25) is 0 Å². The predicted octanol–water partition coefficient (Wildman–Crippen LogP) is 6.08. The molecule has 0 bridgehead atoms. The summed E-state index contributed by atoms with van der Waals surface area (Å²) in [7, 11) is 0. The highest BCUT2D eigenvalue weighted by molar-refractivity contribution is 5.87. The minimum absolute atomic E-state index is 0.0257. The molecule has 4 aliphatic rings. The van der Waals surface area contributed by atoms with Crippen LogP contribution in [0.25, 0.3) is 0 Å². The zero-order chi connectivity index (χ0) is 23.3. The van der Waals surface area contributed by atoms with Gasteiger partial charge in [-0.2, -0.15) is 30.7 Å². The van der Waals surface area contributed by atoms with E-state index in [-0.39, 0.29) is 30.0 Å². The number of ketones is 1. The fourth-order valence-corrected chi connectivity index (χ4v) is 7.16. The number of halogens is 7. The SMILES string of the molecule is C[C@]12CC[C@@](O)(C(F)(F)C(F)(F)C(F)(F)F)CC1=CC[C@@H]1[C@@H]2CC[C@]2(C)C(=O)CC[C@@H]12. The number of allylic oxidation sites excluding steroid dienone is 1. The van der Waals surface area contributed by atoms with Crippen molar-refractivity contribution in [3.8, 4) is 0 Å². The van der Waals surface area contributed by atoms with Gasteiger partial charge in [-0.05, 0) is 61.7 Å². The average molecular weight is 456 g/mol. The minimum Gasteiger partial charge on any atom is -0.383 e. The molecule has 0 aromatic rings. The Bertz CT molecular complexity index is 819. The van der Waals surface area contributed by atoms with Gasteiger partial charge >= 0.3 is 18.0 Å². The van der Waals surface area contributed by atoms with E-state index in [1.807, 2.05) is 13.8 Å². The third-order valence-corrected chi connectivity index (χ3v) is 9.21. The molecular weight excluding hydrogens is 429 g/mol. The van der Waals surface area contributed by atoms with Crippen molar-refractivity contribution in [1.29, 1.82) is 0 Å². The number of carbonyl (C=O) groups excluding carboxylic acids is 1. The number of rotatable bonds is 2. The Morgan fingerprint density at radius 3 is 2.16 bits per heavy atom. The summed E-state index contributed by atoms with van der Waals surface area (Å²) < 4.78 is 94.3. The van der Waals surface area contributed by atoms with Crippen LogP contribution in [-0.4, -0.2) is 34.5 Å². The lowest BCUT2D eigenvalue weighted by molar-refractivity contribution is -0.390. The molecule has 0 spiro atoms. The normalized spacial score (nSPS) is 43.7. The second-order valence-corrected chi connectivity index (χ2v) is 10.5. The number of hydrogen-bond donors (Lipinski definition) is 1. The number of carbonyl (C=O) groups is 1. The van der Waals surface area contributed by atoms with Crippen LogP contribution in [-0.2, 0) is 4.79 Å². The molecule has 0 aliphatic heterocycles. The van der Waals surface area contributed by atoms with Crippen molar-refractivity contribution in [1.82, 2.24) is 0 Å². The highest BCUT2D eigenvalue weighted by atomic mass is 19.4. The monoisotopic (exact) mass is 456 g/mol. The molecule has 3 saturated carbocycles. The molecular formula is C22H27F7O2. The largest absolute Gasteiger partial charge is 0.459 e. The summed E-state index contributed by atoms with van der Waals surface area (Å²) in [5.41, 5.74) is -4.20. The fourth-order valence-electron chi connectivity index (χ4n) is 7.16. The first-order valence-electron chi connectivity index (χ1n) is 10.8. The number of hydrogen-bond acceptors (Lipinski definition) is 2. The molecule has 0 aromatic heterocycles. The van der Waals surface area contributed by atoms with Gasteiger partial charge < -0.3 is 5.11 Å². The van der Waals surface area contributed by atoms with E-state index in [0.717, 1.165) is 6.42 Å². The van der Waals surface area contributed by atoms with E-state index in [9.17, 15) is 40.6 Å². The highest BCUT2D eigenvalue weighted by Gasteiger charge is 2.80. The Kier molecular flexibility index (Phi) is 4.82.